The average Bonchev–Trinajstić information content (AvgIpc) is 2.63. The van der Waals surface area contributed by atoms with Gasteiger partial charge in [-0.25, -0.2) is 4.21 Å². The number of benzene rings is 1. The fraction of sp³-hybridized carbons (Fsp3) is 0.500. The van der Waals surface area contributed by atoms with E-state index in [-0.39, 0.29) is 35.7 Å². The number of Topliss-reactive ketones (excluding diaryl/α,β-unsaturated/α-hetero) is 2. The number of methoxy groups -OCH3 is 1. The molecular weight excluding hydrogens is 366 g/mol. The second-order valence-corrected chi connectivity index (χ2v) is 9.59. The van der Waals surface area contributed by atoms with Crippen molar-refractivity contribution in [1.82, 2.24) is 0 Å². The zero-order valence-corrected chi connectivity index (χ0v) is 16.6. The molecule has 7 heteroatoms. The van der Waals surface area contributed by atoms with Gasteiger partial charge in [0.1, 0.15) is 22.8 Å². The smallest absolute Gasteiger partial charge is 0.170 e. The summed E-state index contributed by atoms with van der Waals surface area (Å²) >= 11 is 0. The van der Waals surface area contributed by atoms with Crippen molar-refractivity contribution < 1.29 is 23.6 Å². The van der Waals surface area contributed by atoms with Crippen molar-refractivity contribution >= 4 is 32.7 Å². The molecule has 3 rings (SSSR count). The third-order valence-corrected chi connectivity index (χ3v) is 7.52. The van der Waals surface area contributed by atoms with Crippen molar-refractivity contribution in [1.29, 1.82) is 0 Å². The summed E-state index contributed by atoms with van der Waals surface area (Å²) in [5, 5.41) is 10.7. The molecule has 0 bridgehead atoms. The first-order valence-electron chi connectivity index (χ1n) is 9.26. The molecule has 1 saturated heterocycles. The van der Waals surface area contributed by atoms with Crippen molar-refractivity contribution in [3.8, 4) is 5.75 Å². The Morgan fingerprint density at radius 2 is 1.70 bits per heavy atom. The van der Waals surface area contributed by atoms with E-state index >= 15 is 0 Å². The summed E-state index contributed by atoms with van der Waals surface area (Å²) in [7, 11) is -0.866. The van der Waals surface area contributed by atoms with Gasteiger partial charge in [0.2, 0.25) is 0 Å². The molecule has 6 nitrogen and oxygen atoms in total. The lowest BCUT2D eigenvalue weighted by Crippen LogP contribution is -2.20. The van der Waals surface area contributed by atoms with Crippen molar-refractivity contribution in [2.45, 2.75) is 45.4 Å². The maximum Gasteiger partial charge on any atom is 0.170 e. The van der Waals surface area contributed by atoms with Gasteiger partial charge in [-0.05, 0) is 43.9 Å². The predicted octanol–water partition coefficient (Wildman–Crippen LogP) is 3.88. The highest BCUT2D eigenvalue weighted by Gasteiger charge is 2.29. The van der Waals surface area contributed by atoms with Crippen LogP contribution in [0.4, 0.5) is 5.69 Å². The predicted molar refractivity (Wildman–Crippen MR) is 105 cm³/mol. The third kappa shape index (κ3) is 3.93. The molecule has 146 valence electrons. The third-order valence-electron chi connectivity index (χ3n) is 5.16. The number of nitrogens with zero attached hydrogens (tertiary/aromatic N) is 1. The molecule has 0 radical (unpaired) electrons. The average molecular weight is 391 g/mol. The Bertz CT molecular complexity index is 908. The zero-order chi connectivity index (χ0) is 19.6. The molecule has 0 amide bonds. The van der Waals surface area contributed by atoms with Gasteiger partial charge in [-0.15, -0.1) is 0 Å². The van der Waals surface area contributed by atoms with Crippen LogP contribution in [0.1, 0.15) is 49.7 Å². The normalized spacial score (nSPS) is 19.7. The first-order valence-corrected chi connectivity index (χ1v) is 11.1. The molecule has 1 aromatic carbocycles. The number of carbonyl (C=O) groups excluding carboxylic acids is 2. The standard InChI is InChI=1S/C20H25NO5S/c1-13-14(20(24)18-15(22)7-6-8-16(18)23)9-10-17(26-2)19(13)21-27(25)11-4-3-5-12-27/h9-10,24H,3-8,11-12H2,1-2H3. The zero-order valence-electron chi connectivity index (χ0n) is 15.7. The molecule has 1 aliphatic carbocycles. The molecule has 1 heterocycles. The highest BCUT2D eigenvalue weighted by Crippen LogP contribution is 2.38. The van der Waals surface area contributed by atoms with Crippen LogP contribution in [-0.2, 0) is 19.3 Å². The molecule has 0 atom stereocenters. The molecule has 2 aliphatic rings. The van der Waals surface area contributed by atoms with Gasteiger partial charge in [-0.1, -0.05) is 6.42 Å². The number of hydrogen-bond donors (Lipinski definition) is 1. The van der Waals surface area contributed by atoms with Crippen LogP contribution in [-0.4, -0.2) is 39.5 Å². The van der Waals surface area contributed by atoms with Crippen molar-refractivity contribution in [3.63, 3.8) is 0 Å². The maximum atomic E-state index is 13.1. The van der Waals surface area contributed by atoms with E-state index in [0.717, 1.165) is 19.3 Å². The molecule has 1 N–H and O–H groups in total. The SMILES string of the molecule is COc1ccc(C(O)=C2C(=O)CCCC2=O)c(C)c1N=S1(=O)CCCCC1. The van der Waals surface area contributed by atoms with Gasteiger partial charge in [-0.3, -0.25) is 9.59 Å². The van der Waals surface area contributed by atoms with Crippen LogP contribution in [0.25, 0.3) is 5.76 Å². The van der Waals surface area contributed by atoms with Crippen molar-refractivity contribution in [3.05, 3.63) is 28.8 Å². The summed E-state index contributed by atoms with van der Waals surface area (Å²) in [5.74, 6) is 0.558. The van der Waals surface area contributed by atoms with Crippen LogP contribution in [0.15, 0.2) is 22.1 Å². The summed E-state index contributed by atoms with van der Waals surface area (Å²) in [6.45, 7) is 1.73. The van der Waals surface area contributed by atoms with Crippen LogP contribution < -0.4 is 4.74 Å². The van der Waals surface area contributed by atoms with Gasteiger partial charge >= 0.3 is 0 Å². The first kappa shape index (κ1) is 19.6. The Kier molecular flexibility index (Phi) is 5.69. The Labute approximate surface area is 159 Å². The van der Waals surface area contributed by atoms with E-state index in [1.807, 2.05) is 0 Å². The van der Waals surface area contributed by atoms with Gasteiger partial charge in [0.15, 0.2) is 11.6 Å². The van der Waals surface area contributed by atoms with Gasteiger partial charge in [-0.2, -0.15) is 4.36 Å². The summed E-state index contributed by atoms with van der Waals surface area (Å²) in [4.78, 5) is 24.3. The lowest BCUT2D eigenvalue weighted by Gasteiger charge is -2.19. The van der Waals surface area contributed by atoms with Crippen molar-refractivity contribution in [2.75, 3.05) is 18.6 Å². The molecule has 1 aromatic rings. The van der Waals surface area contributed by atoms with E-state index in [0.29, 0.717) is 40.5 Å². The minimum absolute atomic E-state index is 0.137. The fourth-order valence-electron chi connectivity index (χ4n) is 3.62. The van der Waals surface area contributed by atoms with E-state index in [1.54, 1.807) is 19.1 Å². The lowest BCUT2D eigenvalue weighted by molar-refractivity contribution is -0.123. The number of hydrogen-bond acceptors (Lipinski definition) is 6. The molecule has 0 unspecified atom stereocenters. The second-order valence-electron chi connectivity index (χ2n) is 7.05. The topological polar surface area (TPSA) is 93.0 Å². The van der Waals surface area contributed by atoms with E-state index in [2.05, 4.69) is 4.36 Å². The minimum Gasteiger partial charge on any atom is -0.506 e. The van der Waals surface area contributed by atoms with Crippen molar-refractivity contribution in [2.24, 2.45) is 4.36 Å². The van der Waals surface area contributed by atoms with Crippen LogP contribution in [0, 0.1) is 6.92 Å². The van der Waals surface area contributed by atoms with E-state index in [1.165, 1.54) is 7.11 Å². The van der Waals surface area contributed by atoms with Gasteiger partial charge in [0.05, 0.1) is 16.8 Å². The van der Waals surface area contributed by atoms with Crippen LogP contribution >= 0.6 is 0 Å². The Balaban J connectivity index is 2.17. The maximum absolute atomic E-state index is 13.1. The van der Waals surface area contributed by atoms with E-state index < -0.39 is 9.73 Å². The Morgan fingerprint density at radius 3 is 2.30 bits per heavy atom. The summed E-state index contributed by atoms with van der Waals surface area (Å²) in [6, 6.07) is 3.24. The molecule has 1 aliphatic heterocycles. The Hall–Kier alpha value is -2.15. The number of aliphatic hydroxyl groups is 1. The van der Waals surface area contributed by atoms with Crippen LogP contribution in [0.5, 0.6) is 5.75 Å². The summed E-state index contributed by atoms with van der Waals surface area (Å²) in [6.07, 6.45) is 3.83. The second kappa shape index (κ2) is 7.84. The molecular formula is C20H25NO5S. The number of rotatable bonds is 3. The number of ketones is 2. The first-order chi connectivity index (χ1) is 12.9. The van der Waals surface area contributed by atoms with Gasteiger partial charge in [0.25, 0.3) is 0 Å². The molecule has 1 saturated carbocycles. The van der Waals surface area contributed by atoms with Crippen LogP contribution in [0.3, 0.4) is 0 Å². The van der Waals surface area contributed by atoms with E-state index in [4.69, 9.17) is 4.74 Å². The van der Waals surface area contributed by atoms with Crippen LogP contribution in [0.2, 0.25) is 0 Å². The highest BCUT2D eigenvalue weighted by atomic mass is 32.2. The molecule has 27 heavy (non-hydrogen) atoms. The van der Waals surface area contributed by atoms with E-state index in [9.17, 15) is 18.9 Å². The Morgan fingerprint density at radius 1 is 1.07 bits per heavy atom. The summed E-state index contributed by atoms with van der Waals surface area (Å²) in [5.41, 5.74) is 1.19. The molecule has 0 spiro atoms. The highest BCUT2D eigenvalue weighted by molar-refractivity contribution is 7.93. The number of ether oxygens (including phenoxy) is 1. The molecule has 0 aromatic heterocycles. The molecule has 2 fully saturated rings. The van der Waals surface area contributed by atoms with Gasteiger partial charge < -0.3 is 9.84 Å². The number of allylic oxidation sites excluding steroid dienone is 1. The number of aliphatic hydroxyl groups excluding tert-OH is 1. The largest absolute Gasteiger partial charge is 0.506 e. The summed E-state index contributed by atoms with van der Waals surface area (Å²) < 4.78 is 23.0. The minimum atomic E-state index is -2.37. The fourth-order valence-corrected chi connectivity index (χ4v) is 5.87. The quantitative estimate of drug-likeness (QED) is 0.479. The monoisotopic (exact) mass is 391 g/mol. The lowest BCUT2D eigenvalue weighted by atomic mass is 9.89. The number of carbonyl (C=O) groups is 2. The van der Waals surface area contributed by atoms with Gasteiger partial charge in [0, 0.05) is 29.9 Å².